The van der Waals surface area contributed by atoms with Gasteiger partial charge in [-0.25, -0.2) is 9.97 Å². The average molecular weight is 191 g/mol. The van der Waals surface area contributed by atoms with Crippen LogP contribution in [-0.2, 0) is 6.42 Å². The predicted octanol–water partition coefficient (Wildman–Crippen LogP) is 0.431. The Morgan fingerprint density at radius 1 is 1.29 bits per heavy atom. The van der Waals surface area contributed by atoms with Gasteiger partial charge in [-0.3, -0.25) is 0 Å². The van der Waals surface area contributed by atoms with Crippen LogP contribution in [0.15, 0.2) is 12.1 Å². The molecule has 74 valence electrons. The second-order valence-electron chi connectivity index (χ2n) is 3.18. The van der Waals surface area contributed by atoms with E-state index in [-0.39, 0.29) is 0 Å². The molecule has 0 bridgehead atoms. The van der Waals surface area contributed by atoms with Crippen molar-refractivity contribution < 1.29 is 0 Å². The van der Waals surface area contributed by atoms with Crippen LogP contribution in [0.3, 0.4) is 0 Å². The van der Waals surface area contributed by atoms with Crippen molar-refractivity contribution in [3.05, 3.63) is 18.0 Å². The number of anilines is 1. The highest BCUT2D eigenvalue weighted by Crippen LogP contribution is 2.11. The van der Waals surface area contributed by atoms with E-state index in [0.717, 1.165) is 24.2 Å². The third-order valence-electron chi connectivity index (χ3n) is 2.03. The quantitative estimate of drug-likeness (QED) is 0.655. The summed E-state index contributed by atoms with van der Waals surface area (Å²) in [5, 5.41) is 0. The van der Waals surface area contributed by atoms with Gasteiger partial charge in [0.1, 0.15) is 11.6 Å². The summed E-state index contributed by atoms with van der Waals surface area (Å²) >= 11 is 0. The summed E-state index contributed by atoms with van der Waals surface area (Å²) in [6.07, 6.45) is 1.78. The van der Waals surface area contributed by atoms with Crippen LogP contribution in [0.1, 0.15) is 12.2 Å². The highest BCUT2D eigenvalue weighted by molar-refractivity contribution is 5.72. The van der Waals surface area contributed by atoms with Gasteiger partial charge in [-0.1, -0.05) is 0 Å². The molecule has 0 fully saturated rings. The number of imidazole rings is 1. The molecule has 0 atom stereocenters. The Kier molecular flexibility index (Phi) is 2.32. The van der Waals surface area contributed by atoms with Crippen molar-refractivity contribution in [2.45, 2.75) is 12.8 Å². The fourth-order valence-electron chi connectivity index (χ4n) is 1.34. The third-order valence-corrected chi connectivity index (χ3v) is 2.03. The molecular formula is C9H13N5. The normalized spacial score (nSPS) is 10.9. The first-order chi connectivity index (χ1) is 6.79. The van der Waals surface area contributed by atoms with Crippen LogP contribution in [-0.4, -0.2) is 21.5 Å². The van der Waals surface area contributed by atoms with E-state index in [4.69, 9.17) is 11.5 Å². The molecule has 2 aromatic rings. The summed E-state index contributed by atoms with van der Waals surface area (Å²) in [5.74, 6) is 1.41. The summed E-state index contributed by atoms with van der Waals surface area (Å²) in [6, 6.07) is 3.64. The van der Waals surface area contributed by atoms with Gasteiger partial charge < -0.3 is 16.5 Å². The minimum atomic E-state index is 0.495. The maximum absolute atomic E-state index is 5.55. The van der Waals surface area contributed by atoms with Crippen molar-refractivity contribution in [1.82, 2.24) is 15.0 Å². The van der Waals surface area contributed by atoms with E-state index in [9.17, 15) is 0 Å². The monoisotopic (exact) mass is 191 g/mol. The van der Waals surface area contributed by atoms with Crippen molar-refractivity contribution in [1.29, 1.82) is 0 Å². The number of rotatable bonds is 3. The average Bonchev–Trinajstić information content (AvgIpc) is 2.56. The second kappa shape index (κ2) is 3.63. The van der Waals surface area contributed by atoms with Crippen LogP contribution in [0.25, 0.3) is 11.2 Å². The van der Waals surface area contributed by atoms with Crippen molar-refractivity contribution in [2.24, 2.45) is 5.73 Å². The van der Waals surface area contributed by atoms with Crippen LogP contribution < -0.4 is 11.5 Å². The summed E-state index contributed by atoms with van der Waals surface area (Å²) in [5.41, 5.74) is 12.6. The molecule has 0 aliphatic carbocycles. The molecule has 14 heavy (non-hydrogen) atoms. The first kappa shape index (κ1) is 8.96. The number of aromatic amines is 1. The molecule has 2 heterocycles. The Morgan fingerprint density at radius 3 is 2.93 bits per heavy atom. The molecule has 0 amide bonds. The zero-order chi connectivity index (χ0) is 9.97. The third kappa shape index (κ3) is 1.67. The smallest absolute Gasteiger partial charge is 0.179 e. The topological polar surface area (TPSA) is 93.6 Å². The lowest BCUT2D eigenvalue weighted by Crippen LogP contribution is -2.01. The molecule has 2 aromatic heterocycles. The zero-order valence-electron chi connectivity index (χ0n) is 7.83. The summed E-state index contributed by atoms with van der Waals surface area (Å²) in [6.45, 7) is 0.673. The summed E-state index contributed by atoms with van der Waals surface area (Å²) in [4.78, 5) is 11.6. The largest absolute Gasteiger partial charge is 0.384 e. The SMILES string of the molecule is NCCCc1nc2nc(N)ccc2[nH]1. The van der Waals surface area contributed by atoms with Crippen molar-refractivity contribution in [3.63, 3.8) is 0 Å². The maximum atomic E-state index is 5.55. The Morgan fingerprint density at radius 2 is 2.14 bits per heavy atom. The molecule has 0 unspecified atom stereocenters. The first-order valence-corrected chi connectivity index (χ1v) is 4.61. The van der Waals surface area contributed by atoms with Gasteiger partial charge in [-0.05, 0) is 25.1 Å². The van der Waals surface area contributed by atoms with Crippen molar-refractivity contribution in [3.8, 4) is 0 Å². The zero-order valence-corrected chi connectivity index (χ0v) is 7.83. The first-order valence-electron chi connectivity index (χ1n) is 4.61. The number of nitrogens with zero attached hydrogens (tertiary/aromatic N) is 2. The Balaban J connectivity index is 2.32. The number of nitrogens with one attached hydrogen (secondary N) is 1. The lowest BCUT2D eigenvalue weighted by molar-refractivity contribution is 0.796. The highest BCUT2D eigenvalue weighted by atomic mass is 15.0. The minimum absolute atomic E-state index is 0.495. The van der Waals surface area contributed by atoms with E-state index in [2.05, 4.69) is 15.0 Å². The minimum Gasteiger partial charge on any atom is -0.384 e. The van der Waals surface area contributed by atoms with Gasteiger partial charge in [0.05, 0.1) is 5.52 Å². The van der Waals surface area contributed by atoms with Gasteiger partial charge in [-0.15, -0.1) is 0 Å². The molecule has 5 heteroatoms. The van der Waals surface area contributed by atoms with Gasteiger partial charge in [0, 0.05) is 6.42 Å². The van der Waals surface area contributed by atoms with Crippen LogP contribution in [0.5, 0.6) is 0 Å². The van der Waals surface area contributed by atoms with E-state index in [0.29, 0.717) is 18.0 Å². The van der Waals surface area contributed by atoms with E-state index < -0.39 is 0 Å². The molecule has 0 saturated carbocycles. The molecular weight excluding hydrogens is 178 g/mol. The van der Waals surface area contributed by atoms with Crippen LogP contribution in [0.4, 0.5) is 5.82 Å². The van der Waals surface area contributed by atoms with E-state index in [1.54, 1.807) is 6.07 Å². The Hall–Kier alpha value is -1.62. The van der Waals surface area contributed by atoms with Crippen molar-refractivity contribution in [2.75, 3.05) is 12.3 Å². The number of aryl methyl sites for hydroxylation is 1. The molecule has 0 aliphatic rings. The van der Waals surface area contributed by atoms with Gasteiger partial charge in [0.2, 0.25) is 0 Å². The molecule has 0 aromatic carbocycles. The van der Waals surface area contributed by atoms with Crippen molar-refractivity contribution >= 4 is 17.0 Å². The second-order valence-corrected chi connectivity index (χ2v) is 3.18. The molecule has 0 saturated heterocycles. The Bertz CT molecular complexity index is 434. The van der Waals surface area contributed by atoms with Crippen LogP contribution >= 0.6 is 0 Å². The number of fused-ring (bicyclic) bond motifs is 1. The maximum Gasteiger partial charge on any atom is 0.179 e. The standard InChI is InChI=1S/C9H13N5/c10-5-1-2-8-12-6-3-4-7(11)13-9(6)14-8/h3-4H,1-2,5,10H2,(H3,11,12,13,14). The number of H-pyrrole nitrogens is 1. The van der Waals surface area contributed by atoms with Crippen LogP contribution in [0.2, 0.25) is 0 Å². The number of aromatic nitrogens is 3. The molecule has 0 spiro atoms. The van der Waals surface area contributed by atoms with Gasteiger partial charge in [0.25, 0.3) is 0 Å². The fraction of sp³-hybridized carbons (Fsp3) is 0.333. The Labute approximate surface area is 81.5 Å². The summed E-state index contributed by atoms with van der Waals surface area (Å²) < 4.78 is 0. The number of nitrogens with two attached hydrogens (primary N) is 2. The molecule has 5 N–H and O–H groups in total. The molecule has 0 radical (unpaired) electrons. The lowest BCUT2D eigenvalue weighted by atomic mass is 10.3. The number of hydrogen-bond donors (Lipinski definition) is 3. The predicted molar refractivity (Wildman–Crippen MR) is 55.7 cm³/mol. The van der Waals surface area contributed by atoms with Gasteiger partial charge in [0.15, 0.2) is 5.65 Å². The van der Waals surface area contributed by atoms with Gasteiger partial charge >= 0.3 is 0 Å². The van der Waals surface area contributed by atoms with E-state index >= 15 is 0 Å². The molecule has 0 aliphatic heterocycles. The summed E-state index contributed by atoms with van der Waals surface area (Å²) in [7, 11) is 0. The molecule has 2 rings (SSSR count). The lowest BCUT2D eigenvalue weighted by Gasteiger charge is -1.90. The van der Waals surface area contributed by atoms with Crippen LogP contribution in [0, 0.1) is 0 Å². The van der Waals surface area contributed by atoms with E-state index in [1.807, 2.05) is 6.07 Å². The number of nitrogen functional groups attached to an aromatic ring is 1. The number of pyridine rings is 1. The molecule has 5 nitrogen and oxygen atoms in total. The highest BCUT2D eigenvalue weighted by Gasteiger charge is 2.03. The number of hydrogen-bond acceptors (Lipinski definition) is 4. The van der Waals surface area contributed by atoms with E-state index in [1.165, 1.54) is 0 Å². The fourth-order valence-corrected chi connectivity index (χ4v) is 1.34. The van der Waals surface area contributed by atoms with Gasteiger partial charge in [-0.2, -0.15) is 0 Å².